The molecule has 0 fully saturated rings. The van der Waals surface area contributed by atoms with Crippen LogP contribution in [-0.4, -0.2) is 35.5 Å². The summed E-state index contributed by atoms with van der Waals surface area (Å²) >= 11 is -3.18. The first kappa shape index (κ1) is 49.2. The van der Waals surface area contributed by atoms with E-state index < -0.39 is 53.6 Å². The van der Waals surface area contributed by atoms with Crippen LogP contribution in [0, 0.1) is 0 Å². The van der Waals surface area contributed by atoms with Gasteiger partial charge in [-0.05, 0) is 0 Å². The fourth-order valence-electron chi connectivity index (χ4n) is 9.85. The molecule has 0 heterocycles. The molecule has 0 amide bonds. The quantitative estimate of drug-likeness (QED) is 0.155. The van der Waals surface area contributed by atoms with E-state index in [2.05, 4.69) is 217 Å². The molecule has 2 aliphatic carbocycles. The Balaban J connectivity index is 0.00000372. The summed E-state index contributed by atoms with van der Waals surface area (Å²) in [6.07, 6.45) is 0. The molecular weight excluding hydrogens is 887 g/mol. The number of allylic oxidation sites excluding steroid dienone is 4. The number of fused-ring (bicyclic) bond motifs is 3. The Bertz CT molecular complexity index is 2140. The number of halogens is 2. The van der Waals surface area contributed by atoms with E-state index in [0.717, 1.165) is 0 Å². The second-order valence-corrected chi connectivity index (χ2v) is 49.5. The summed E-state index contributed by atoms with van der Waals surface area (Å²) in [4.78, 5) is 0. The van der Waals surface area contributed by atoms with Crippen molar-refractivity contribution in [2.45, 2.75) is 140 Å². The topological polar surface area (TPSA) is 0 Å². The van der Waals surface area contributed by atoms with E-state index in [1.165, 1.54) is 33.4 Å². The fourth-order valence-corrected chi connectivity index (χ4v) is 42.6. The maximum atomic E-state index is 2.74. The molecule has 4 aromatic carbocycles. The zero-order valence-electron chi connectivity index (χ0n) is 39.1. The average molecular weight is 960 g/mol. The Kier molecular flexibility index (Phi) is 14.4. The van der Waals surface area contributed by atoms with E-state index in [9.17, 15) is 0 Å². The van der Waals surface area contributed by atoms with Crippen LogP contribution in [0.1, 0.15) is 78.5 Å². The van der Waals surface area contributed by atoms with Gasteiger partial charge in [0, 0.05) is 0 Å². The van der Waals surface area contributed by atoms with Crippen LogP contribution in [0.3, 0.4) is 0 Å². The molecule has 6 rings (SSSR count). The summed E-state index contributed by atoms with van der Waals surface area (Å²) in [6.45, 7) is 47.0. The molecule has 0 aromatic heterocycles. The van der Waals surface area contributed by atoms with Crippen molar-refractivity contribution in [3.8, 4) is 11.1 Å². The van der Waals surface area contributed by atoms with Crippen LogP contribution in [0.25, 0.3) is 11.1 Å². The number of rotatable bonds is 8. The van der Waals surface area contributed by atoms with Crippen LogP contribution in [0.4, 0.5) is 0 Å². The Morgan fingerprint density at radius 1 is 0.483 bits per heavy atom. The molecule has 0 N–H and O–H groups in total. The smallest absolute Gasteiger partial charge is 1.00 e. The van der Waals surface area contributed by atoms with Gasteiger partial charge < -0.3 is 24.8 Å². The minimum absolute atomic E-state index is 0. The van der Waals surface area contributed by atoms with Crippen LogP contribution in [-0.2, 0) is 32.1 Å². The predicted molar refractivity (Wildman–Crippen MR) is 258 cm³/mol. The average Bonchev–Trinajstić information content (AvgIpc) is 3.62. The molecule has 310 valence electrons. The largest absolute Gasteiger partial charge is 1.00 e. The molecule has 7 heteroatoms. The van der Waals surface area contributed by atoms with Gasteiger partial charge in [0.05, 0.1) is 0 Å². The van der Waals surface area contributed by atoms with Crippen molar-refractivity contribution < 1.29 is 46.1 Å². The van der Waals surface area contributed by atoms with Gasteiger partial charge in [-0.15, -0.1) is 0 Å². The van der Waals surface area contributed by atoms with Crippen molar-refractivity contribution in [3.05, 3.63) is 149 Å². The Hall–Kier alpha value is -1.44. The third kappa shape index (κ3) is 9.47. The third-order valence-electron chi connectivity index (χ3n) is 12.3. The molecule has 0 nitrogen and oxygen atoms in total. The summed E-state index contributed by atoms with van der Waals surface area (Å²) in [5, 5.41) is 5.85. The molecule has 0 spiro atoms. The second-order valence-electron chi connectivity index (χ2n) is 23.2. The molecule has 58 heavy (non-hydrogen) atoms. The maximum Gasteiger partial charge on any atom is -1.00 e. The molecule has 1 atom stereocenters. The van der Waals surface area contributed by atoms with Crippen LogP contribution >= 0.6 is 0 Å². The SMILES string of the molecule is CC(C)(C)c1ccc2c(c1)[CH]([Zr+2]([C]1=C([Si](C)(C)C)C([Si](C)(C)C)=C([Si](C)(C)C)C1[Si](C)(C)C)=[C](c1ccccc1)c1ccccc1)c1cc(C(C)(C)C)ccc1-2.[Cl-].[Cl-]. The van der Waals surface area contributed by atoms with Gasteiger partial charge in [-0.3, -0.25) is 0 Å². The summed E-state index contributed by atoms with van der Waals surface area (Å²) in [5.41, 5.74) is 12.8. The van der Waals surface area contributed by atoms with Crippen molar-refractivity contribution in [3.63, 3.8) is 0 Å². The van der Waals surface area contributed by atoms with Gasteiger partial charge in [-0.25, -0.2) is 0 Å². The maximum absolute atomic E-state index is 3.18. The van der Waals surface area contributed by atoms with Gasteiger partial charge in [-0.2, -0.15) is 0 Å². The zero-order chi connectivity index (χ0) is 41.6. The number of hydrogen-bond acceptors (Lipinski definition) is 0. The predicted octanol–water partition coefficient (Wildman–Crippen LogP) is 9.15. The monoisotopic (exact) mass is 956 g/mol. The molecule has 0 bridgehead atoms. The minimum Gasteiger partial charge on any atom is -1.00 e. The second kappa shape index (κ2) is 17.0. The Morgan fingerprint density at radius 3 is 1.17 bits per heavy atom. The molecule has 4 aromatic rings. The van der Waals surface area contributed by atoms with Crippen LogP contribution in [0.5, 0.6) is 0 Å². The van der Waals surface area contributed by atoms with Crippen molar-refractivity contribution in [2.75, 3.05) is 0 Å². The van der Waals surface area contributed by atoms with Crippen LogP contribution in [0.15, 0.2) is 116 Å². The summed E-state index contributed by atoms with van der Waals surface area (Å²) in [6, 6.07) is 38.9. The molecule has 0 saturated carbocycles. The van der Waals surface area contributed by atoms with E-state index in [1.54, 1.807) is 14.3 Å². The zero-order valence-corrected chi connectivity index (χ0v) is 47.1. The van der Waals surface area contributed by atoms with E-state index in [4.69, 9.17) is 0 Å². The van der Waals surface area contributed by atoms with Gasteiger partial charge in [0.15, 0.2) is 0 Å². The van der Waals surface area contributed by atoms with Crippen LogP contribution < -0.4 is 24.8 Å². The summed E-state index contributed by atoms with van der Waals surface area (Å²) in [5.74, 6) is 0. The molecule has 1 unspecified atom stereocenters. The molecule has 0 aliphatic heterocycles. The van der Waals surface area contributed by atoms with Gasteiger partial charge >= 0.3 is 357 Å². The van der Waals surface area contributed by atoms with Crippen LogP contribution in [0.2, 0.25) is 84.1 Å². The van der Waals surface area contributed by atoms with Crippen molar-refractivity contribution >= 4 is 35.5 Å². The third-order valence-corrected chi connectivity index (χ3v) is 31.3. The first-order valence-electron chi connectivity index (χ1n) is 21.3. The van der Waals surface area contributed by atoms with Crippen molar-refractivity contribution in [2.24, 2.45) is 0 Å². The first-order chi connectivity index (χ1) is 25.6. The van der Waals surface area contributed by atoms with E-state index in [1.807, 2.05) is 18.9 Å². The summed E-state index contributed by atoms with van der Waals surface area (Å²) in [7, 11) is -7.28. The van der Waals surface area contributed by atoms with E-state index in [0.29, 0.717) is 9.17 Å². The standard InChI is InChI=1S/C21H25.C17H37Si4.C13H10.2ClH.Zr/c1-20(2,3)16-7-9-18-14(12-16)11-15-13-17(21(4,5)6)8-10-19(15)18;1-18(2,3)14-13-15(19(4,5)6)17(21(10,11)12)16(14)20(7,8)9;1-3-7-12(8-4-1)11-13-9-5-2-6-10-13;;;/h7-13H,1-6H3;14H,1-12H3;1-10H;2*1H;/q;;;;;+2/p-2. The number of hydrogen-bond donors (Lipinski definition) is 0. The summed E-state index contributed by atoms with van der Waals surface area (Å²) < 4.78 is 4.11. The Labute approximate surface area is 378 Å². The van der Waals surface area contributed by atoms with Crippen molar-refractivity contribution in [1.82, 2.24) is 0 Å². The molecule has 0 radical (unpaired) electrons. The van der Waals surface area contributed by atoms with Gasteiger partial charge in [0.2, 0.25) is 0 Å². The normalized spacial score (nSPS) is 16.3. The molecular formula is C51H72Cl2Si4Zr. The van der Waals surface area contributed by atoms with Gasteiger partial charge in [0.1, 0.15) is 0 Å². The van der Waals surface area contributed by atoms with Gasteiger partial charge in [0.25, 0.3) is 0 Å². The fraction of sp³-hybridized carbons (Fsp3) is 0.431. The van der Waals surface area contributed by atoms with Crippen molar-refractivity contribution in [1.29, 1.82) is 0 Å². The van der Waals surface area contributed by atoms with E-state index >= 15 is 0 Å². The molecule has 0 saturated heterocycles. The van der Waals surface area contributed by atoms with Gasteiger partial charge in [-0.1, -0.05) is 0 Å². The Morgan fingerprint density at radius 2 is 0.862 bits per heavy atom. The first-order valence-corrected chi connectivity index (χ1v) is 39.2. The number of benzene rings is 4. The minimum atomic E-state index is -3.18. The van der Waals surface area contributed by atoms with E-state index in [-0.39, 0.29) is 35.6 Å². The molecule has 2 aliphatic rings.